The van der Waals surface area contributed by atoms with Crippen molar-refractivity contribution in [2.45, 2.75) is 32.1 Å². The highest BCUT2D eigenvalue weighted by Gasteiger charge is 1.88. The Bertz CT molecular complexity index is 117. The van der Waals surface area contributed by atoms with Gasteiger partial charge in [-0.3, -0.25) is 0 Å². The lowest BCUT2D eigenvalue weighted by molar-refractivity contribution is 0.283. The number of rotatable bonds is 8. The molecule has 0 aromatic heterocycles. The molecule has 70 valence electrons. The highest BCUT2D eigenvalue weighted by Crippen LogP contribution is 1.92. The Morgan fingerprint density at radius 2 is 1.83 bits per heavy atom. The molecule has 0 bridgehead atoms. The van der Waals surface area contributed by atoms with E-state index in [2.05, 4.69) is 11.2 Å². The Morgan fingerprint density at radius 3 is 2.50 bits per heavy atom. The van der Waals surface area contributed by atoms with Crippen molar-refractivity contribution >= 4 is 0 Å². The summed E-state index contributed by atoms with van der Waals surface area (Å²) in [7, 11) is 0. The first-order valence-electron chi connectivity index (χ1n) is 4.67. The second-order valence-electron chi connectivity index (χ2n) is 2.84. The molecule has 2 N–H and O–H groups in total. The molecule has 0 rings (SSSR count). The topological polar surface area (TPSA) is 32.3 Å². The standard InChI is InChI=1S/C10H19NO/c1-2-3-5-8-11-9-6-4-7-10-12/h1,11-12H,3-10H2. The normalized spacial score (nSPS) is 9.67. The summed E-state index contributed by atoms with van der Waals surface area (Å²) in [4.78, 5) is 0. The Morgan fingerprint density at radius 1 is 1.08 bits per heavy atom. The van der Waals surface area contributed by atoms with Gasteiger partial charge < -0.3 is 10.4 Å². The number of nitrogens with one attached hydrogen (secondary N) is 1. The van der Waals surface area contributed by atoms with Crippen molar-refractivity contribution in [3.63, 3.8) is 0 Å². The minimum atomic E-state index is 0.317. The molecule has 0 unspecified atom stereocenters. The van der Waals surface area contributed by atoms with Gasteiger partial charge in [0.15, 0.2) is 0 Å². The van der Waals surface area contributed by atoms with Gasteiger partial charge in [-0.25, -0.2) is 0 Å². The van der Waals surface area contributed by atoms with E-state index in [4.69, 9.17) is 11.5 Å². The lowest BCUT2D eigenvalue weighted by Gasteiger charge is -2.01. The van der Waals surface area contributed by atoms with Crippen LogP contribution >= 0.6 is 0 Å². The molecule has 0 spiro atoms. The van der Waals surface area contributed by atoms with E-state index in [9.17, 15) is 0 Å². The van der Waals surface area contributed by atoms with Gasteiger partial charge in [-0.2, -0.15) is 0 Å². The largest absolute Gasteiger partial charge is 0.396 e. The molecule has 0 saturated carbocycles. The third-order valence-corrected chi connectivity index (χ3v) is 1.69. The fourth-order valence-electron chi connectivity index (χ4n) is 0.979. The molecule has 0 radical (unpaired) electrons. The number of hydrogen-bond acceptors (Lipinski definition) is 2. The van der Waals surface area contributed by atoms with Gasteiger partial charge in [0.05, 0.1) is 0 Å². The zero-order valence-electron chi connectivity index (χ0n) is 7.68. The number of aliphatic hydroxyl groups is 1. The van der Waals surface area contributed by atoms with E-state index in [0.29, 0.717) is 6.61 Å². The summed E-state index contributed by atoms with van der Waals surface area (Å²) in [5, 5.41) is 11.8. The summed E-state index contributed by atoms with van der Waals surface area (Å²) in [6.07, 6.45) is 10.2. The molecule has 0 aliphatic rings. The molecule has 0 aromatic rings. The number of terminal acetylenes is 1. The van der Waals surface area contributed by atoms with E-state index < -0.39 is 0 Å². The van der Waals surface area contributed by atoms with Crippen LogP contribution in [0.3, 0.4) is 0 Å². The third kappa shape index (κ3) is 9.48. The van der Waals surface area contributed by atoms with Crippen molar-refractivity contribution in [2.75, 3.05) is 19.7 Å². The Kier molecular flexibility index (Phi) is 10.0. The van der Waals surface area contributed by atoms with Gasteiger partial charge in [-0.15, -0.1) is 12.3 Å². The molecule has 2 nitrogen and oxygen atoms in total. The van der Waals surface area contributed by atoms with Crippen molar-refractivity contribution in [3.05, 3.63) is 0 Å². The van der Waals surface area contributed by atoms with Gasteiger partial charge in [0, 0.05) is 13.0 Å². The molecular formula is C10H19NO. The van der Waals surface area contributed by atoms with E-state index in [1.165, 1.54) is 0 Å². The SMILES string of the molecule is C#CCCCNCCCCCO. The smallest absolute Gasteiger partial charge is 0.0431 e. The number of aliphatic hydroxyl groups excluding tert-OH is 1. The third-order valence-electron chi connectivity index (χ3n) is 1.69. The summed E-state index contributed by atoms with van der Waals surface area (Å²) in [5.41, 5.74) is 0. The zero-order valence-corrected chi connectivity index (χ0v) is 7.68. The molecule has 0 saturated heterocycles. The van der Waals surface area contributed by atoms with Crippen LogP contribution in [-0.4, -0.2) is 24.8 Å². The first-order chi connectivity index (χ1) is 5.91. The summed E-state index contributed by atoms with van der Waals surface area (Å²) in [6.45, 7) is 2.38. The second-order valence-corrected chi connectivity index (χ2v) is 2.84. The van der Waals surface area contributed by atoms with Crippen LogP contribution < -0.4 is 5.32 Å². The fraction of sp³-hybridized carbons (Fsp3) is 0.800. The second kappa shape index (κ2) is 10.5. The van der Waals surface area contributed by atoms with E-state index in [-0.39, 0.29) is 0 Å². The zero-order chi connectivity index (χ0) is 9.07. The predicted octanol–water partition coefficient (Wildman–Crippen LogP) is 1.15. The predicted molar refractivity (Wildman–Crippen MR) is 51.9 cm³/mol. The van der Waals surface area contributed by atoms with E-state index in [1.807, 2.05) is 0 Å². The lowest BCUT2D eigenvalue weighted by Crippen LogP contribution is -2.16. The average molecular weight is 169 g/mol. The van der Waals surface area contributed by atoms with Gasteiger partial charge in [0.1, 0.15) is 0 Å². The summed E-state index contributed by atoms with van der Waals surface area (Å²) in [5.74, 6) is 2.61. The van der Waals surface area contributed by atoms with Crippen molar-refractivity contribution < 1.29 is 5.11 Å². The van der Waals surface area contributed by atoms with Crippen LogP contribution in [-0.2, 0) is 0 Å². The number of hydrogen-bond donors (Lipinski definition) is 2. The highest BCUT2D eigenvalue weighted by atomic mass is 16.2. The molecule has 0 aromatic carbocycles. The van der Waals surface area contributed by atoms with Crippen molar-refractivity contribution in [1.29, 1.82) is 0 Å². The lowest BCUT2D eigenvalue weighted by atomic mass is 10.2. The maximum atomic E-state index is 8.50. The molecule has 0 aliphatic carbocycles. The van der Waals surface area contributed by atoms with Gasteiger partial charge in [-0.1, -0.05) is 0 Å². The maximum Gasteiger partial charge on any atom is 0.0431 e. The van der Waals surface area contributed by atoms with Crippen molar-refractivity contribution in [1.82, 2.24) is 5.32 Å². The van der Waals surface area contributed by atoms with Crippen LogP contribution in [0.4, 0.5) is 0 Å². The van der Waals surface area contributed by atoms with Crippen LogP contribution in [0.25, 0.3) is 0 Å². The minimum absolute atomic E-state index is 0.317. The van der Waals surface area contributed by atoms with Crippen molar-refractivity contribution in [2.24, 2.45) is 0 Å². The van der Waals surface area contributed by atoms with Gasteiger partial charge >= 0.3 is 0 Å². The van der Waals surface area contributed by atoms with Gasteiger partial charge in [0.2, 0.25) is 0 Å². The molecule has 0 atom stereocenters. The van der Waals surface area contributed by atoms with Gasteiger partial charge in [0.25, 0.3) is 0 Å². The summed E-state index contributed by atoms with van der Waals surface area (Å²) >= 11 is 0. The first kappa shape index (κ1) is 11.5. The Labute approximate surface area is 75.4 Å². The monoisotopic (exact) mass is 169 g/mol. The van der Waals surface area contributed by atoms with Gasteiger partial charge in [-0.05, 0) is 38.8 Å². The summed E-state index contributed by atoms with van der Waals surface area (Å²) < 4.78 is 0. The highest BCUT2D eigenvalue weighted by molar-refractivity contribution is 4.83. The molecule has 0 heterocycles. The average Bonchev–Trinajstić information content (AvgIpc) is 2.10. The van der Waals surface area contributed by atoms with Crippen LogP contribution in [0.5, 0.6) is 0 Å². The number of unbranched alkanes of at least 4 members (excludes halogenated alkanes) is 3. The Hall–Kier alpha value is -0.520. The molecule has 2 heteroatoms. The van der Waals surface area contributed by atoms with Crippen LogP contribution in [0.15, 0.2) is 0 Å². The van der Waals surface area contributed by atoms with Crippen LogP contribution in [0.2, 0.25) is 0 Å². The minimum Gasteiger partial charge on any atom is -0.396 e. The maximum absolute atomic E-state index is 8.50. The fourth-order valence-corrected chi connectivity index (χ4v) is 0.979. The molecule has 0 amide bonds. The van der Waals surface area contributed by atoms with E-state index in [1.54, 1.807) is 0 Å². The first-order valence-corrected chi connectivity index (χ1v) is 4.67. The van der Waals surface area contributed by atoms with Crippen LogP contribution in [0.1, 0.15) is 32.1 Å². The van der Waals surface area contributed by atoms with E-state index >= 15 is 0 Å². The summed E-state index contributed by atoms with van der Waals surface area (Å²) in [6, 6.07) is 0. The molecular weight excluding hydrogens is 150 g/mol. The quantitative estimate of drug-likeness (QED) is 0.422. The molecule has 12 heavy (non-hydrogen) atoms. The van der Waals surface area contributed by atoms with Crippen LogP contribution in [0, 0.1) is 12.3 Å². The molecule has 0 fully saturated rings. The van der Waals surface area contributed by atoms with E-state index in [0.717, 1.165) is 45.2 Å². The molecule has 0 aliphatic heterocycles. The van der Waals surface area contributed by atoms with Crippen molar-refractivity contribution in [3.8, 4) is 12.3 Å². The Balaban J connectivity index is 2.78.